The summed E-state index contributed by atoms with van der Waals surface area (Å²) >= 11 is 8.46. The number of fused-ring (bicyclic) bond motifs is 1. The quantitative estimate of drug-likeness (QED) is 0.431. The molecular weight excluding hydrogens is 453 g/mol. The Kier molecular flexibility index (Phi) is 5.05. The van der Waals surface area contributed by atoms with Crippen LogP contribution >= 0.6 is 34.2 Å². The first-order valence-electron chi connectivity index (χ1n) is 8.42. The van der Waals surface area contributed by atoms with E-state index in [1.54, 1.807) is 6.20 Å². The molecule has 3 rings (SSSR count). The van der Waals surface area contributed by atoms with Crippen molar-refractivity contribution in [3.8, 4) is 0 Å². The molecule has 2 aromatic rings. The van der Waals surface area contributed by atoms with Gasteiger partial charge in [0.2, 0.25) is 0 Å². The van der Waals surface area contributed by atoms with Crippen LogP contribution in [0.2, 0.25) is 23.3 Å². The molecule has 0 amide bonds. The van der Waals surface area contributed by atoms with Gasteiger partial charge in [0.05, 0.1) is 0 Å². The molecule has 0 N–H and O–H groups in total. The van der Waals surface area contributed by atoms with E-state index >= 15 is 0 Å². The van der Waals surface area contributed by atoms with Gasteiger partial charge in [-0.2, -0.15) is 0 Å². The Balaban J connectivity index is 1.65. The summed E-state index contributed by atoms with van der Waals surface area (Å²) in [5.74, 6) is 2.25. The topological polar surface area (TPSA) is 39.4 Å². The van der Waals surface area contributed by atoms with Gasteiger partial charge in [0.25, 0.3) is 0 Å². The number of hydrogen-bond donors (Lipinski definition) is 0. The molecule has 4 nitrogen and oxygen atoms in total. The van der Waals surface area contributed by atoms with Gasteiger partial charge in [-0.15, -0.1) is 0 Å². The molecule has 2 aromatic heterocycles. The Labute approximate surface area is 163 Å². The molecular formula is C17H25ClIN3OSi. The van der Waals surface area contributed by atoms with E-state index in [-0.39, 0.29) is 5.04 Å². The van der Waals surface area contributed by atoms with Crippen LogP contribution in [-0.2, 0) is 4.43 Å². The molecule has 1 saturated carbocycles. The van der Waals surface area contributed by atoms with Gasteiger partial charge in [-0.3, -0.25) is 4.40 Å². The van der Waals surface area contributed by atoms with Crippen molar-refractivity contribution in [2.24, 2.45) is 5.92 Å². The first-order chi connectivity index (χ1) is 11.1. The third-order valence-electron chi connectivity index (χ3n) is 5.58. The van der Waals surface area contributed by atoms with Crippen LogP contribution < -0.4 is 0 Å². The van der Waals surface area contributed by atoms with Crippen LogP contribution in [0.1, 0.15) is 45.4 Å². The Morgan fingerprint density at radius 1 is 1.38 bits per heavy atom. The lowest BCUT2D eigenvalue weighted by atomic mass is 9.75. The van der Waals surface area contributed by atoms with Gasteiger partial charge in [-0.05, 0) is 59.5 Å². The standard InChI is InChI=1S/C17H25ClIN3OSi/c1-17(2,3)24(4,5)23-10-11-8-12(9-11)16-21-15(19)13-14(18)20-6-7-22(13)16/h6-7,11-12H,8-10H2,1-5H3. The van der Waals surface area contributed by atoms with E-state index in [4.69, 9.17) is 21.0 Å². The maximum absolute atomic E-state index is 6.37. The number of imidazole rings is 1. The van der Waals surface area contributed by atoms with E-state index in [1.165, 1.54) is 0 Å². The highest BCUT2D eigenvalue weighted by atomic mass is 127. The molecule has 0 unspecified atom stereocenters. The normalized spacial score (nSPS) is 22.0. The van der Waals surface area contributed by atoms with Crippen molar-refractivity contribution in [2.75, 3.05) is 6.61 Å². The van der Waals surface area contributed by atoms with Gasteiger partial charge >= 0.3 is 0 Å². The van der Waals surface area contributed by atoms with Crippen molar-refractivity contribution < 1.29 is 4.43 Å². The zero-order chi connectivity index (χ0) is 17.7. The minimum atomic E-state index is -1.65. The van der Waals surface area contributed by atoms with E-state index in [0.29, 0.717) is 17.0 Å². The molecule has 1 aliphatic carbocycles. The molecule has 0 aliphatic heterocycles. The van der Waals surface area contributed by atoms with Crippen LogP contribution in [0.15, 0.2) is 12.4 Å². The average Bonchev–Trinajstić information content (AvgIpc) is 2.74. The summed E-state index contributed by atoms with van der Waals surface area (Å²) in [6.07, 6.45) is 5.99. The second kappa shape index (κ2) is 6.52. The SMILES string of the molecule is CC(C)(C)[Si](C)(C)OCC1CC(c2nc(I)c3c(Cl)nccn23)C1. The van der Waals surface area contributed by atoms with E-state index < -0.39 is 8.32 Å². The van der Waals surface area contributed by atoms with Gasteiger partial charge in [0, 0.05) is 24.9 Å². The molecule has 7 heteroatoms. The van der Waals surface area contributed by atoms with E-state index in [1.807, 2.05) is 6.20 Å². The minimum Gasteiger partial charge on any atom is -0.417 e. The second-order valence-corrected chi connectivity index (χ2v) is 14.5. The fourth-order valence-corrected chi connectivity index (χ4v) is 5.14. The van der Waals surface area contributed by atoms with Crippen LogP contribution in [0.25, 0.3) is 5.52 Å². The molecule has 132 valence electrons. The third kappa shape index (κ3) is 3.39. The Morgan fingerprint density at radius 2 is 2.04 bits per heavy atom. The Bertz CT molecular complexity index is 750. The molecule has 0 saturated heterocycles. The van der Waals surface area contributed by atoms with Gasteiger partial charge < -0.3 is 4.43 Å². The van der Waals surface area contributed by atoms with Crippen molar-refractivity contribution in [2.45, 2.75) is 57.7 Å². The average molecular weight is 478 g/mol. The van der Waals surface area contributed by atoms with Crippen molar-refractivity contribution in [3.63, 3.8) is 0 Å². The van der Waals surface area contributed by atoms with Crippen molar-refractivity contribution in [3.05, 3.63) is 27.1 Å². The van der Waals surface area contributed by atoms with Crippen molar-refractivity contribution in [1.29, 1.82) is 0 Å². The molecule has 0 aromatic carbocycles. The lowest BCUT2D eigenvalue weighted by Crippen LogP contribution is -2.43. The summed E-state index contributed by atoms with van der Waals surface area (Å²) < 4.78 is 9.41. The van der Waals surface area contributed by atoms with E-state index in [0.717, 1.165) is 34.5 Å². The lowest BCUT2D eigenvalue weighted by Gasteiger charge is -2.40. The molecule has 0 atom stereocenters. The third-order valence-corrected chi connectivity index (χ3v) is 11.1. The Morgan fingerprint density at radius 3 is 2.67 bits per heavy atom. The highest BCUT2D eigenvalue weighted by molar-refractivity contribution is 14.1. The summed E-state index contributed by atoms with van der Waals surface area (Å²) in [4.78, 5) is 8.91. The molecule has 2 heterocycles. The fourth-order valence-electron chi connectivity index (χ4n) is 2.90. The van der Waals surface area contributed by atoms with Crippen molar-refractivity contribution in [1.82, 2.24) is 14.4 Å². The maximum atomic E-state index is 6.37. The van der Waals surface area contributed by atoms with Crippen LogP contribution in [0.5, 0.6) is 0 Å². The summed E-state index contributed by atoms with van der Waals surface area (Å²) in [5, 5.41) is 0.799. The molecule has 0 bridgehead atoms. The molecule has 0 radical (unpaired) electrons. The summed E-state index contributed by atoms with van der Waals surface area (Å²) in [6, 6.07) is 0. The van der Waals surface area contributed by atoms with Crippen LogP contribution in [0.4, 0.5) is 0 Å². The number of halogens is 2. The predicted octanol–water partition coefficient (Wildman–Crippen LogP) is 5.50. The monoisotopic (exact) mass is 477 g/mol. The maximum Gasteiger partial charge on any atom is 0.191 e. The molecule has 24 heavy (non-hydrogen) atoms. The highest BCUT2D eigenvalue weighted by Gasteiger charge is 2.40. The van der Waals surface area contributed by atoms with Gasteiger partial charge in [-0.1, -0.05) is 32.4 Å². The molecule has 0 spiro atoms. The summed E-state index contributed by atoms with van der Waals surface area (Å²) in [7, 11) is -1.65. The second-order valence-electron chi connectivity index (χ2n) is 8.30. The van der Waals surface area contributed by atoms with Gasteiger partial charge in [0.15, 0.2) is 13.5 Å². The summed E-state index contributed by atoms with van der Waals surface area (Å²) in [6.45, 7) is 12.4. The van der Waals surface area contributed by atoms with E-state index in [2.05, 4.69) is 65.8 Å². The smallest absolute Gasteiger partial charge is 0.191 e. The summed E-state index contributed by atoms with van der Waals surface area (Å²) in [5.41, 5.74) is 0.927. The first kappa shape index (κ1) is 18.6. The minimum absolute atomic E-state index is 0.273. The van der Waals surface area contributed by atoms with Gasteiger partial charge in [0.1, 0.15) is 15.0 Å². The zero-order valence-electron chi connectivity index (χ0n) is 14.9. The largest absolute Gasteiger partial charge is 0.417 e. The lowest BCUT2D eigenvalue weighted by molar-refractivity contribution is 0.143. The number of rotatable bonds is 4. The number of nitrogens with zero attached hydrogens (tertiary/aromatic N) is 3. The van der Waals surface area contributed by atoms with Crippen molar-refractivity contribution >= 4 is 48.0 Å². The number of aromatic nitrogens is 3. The van der Waals surface area contributed by atoms with E-state index in [9.17, 15) is 0 Å². The van der Waals surface area contributed by atoms with Crippen LogP contribution in [-0.4, -0.2) is 29.3 Å². The highest BCUT2D eigenvalue weighted by Crippen LogP contribution is 2.44. The number of hydrogen-bond acceptors (Lipinski definition) is 3. The first-order valence-corrected chi connectivity index (χ1v) is 12.8. The molecule has 1 fully saturated rings. The fraction of sp³-hybridized carbons (Fsp3) is 0.647. The van der Waals surface area contributed by atoms with Crippen LogP contribution in [0.3, 0.4) is 0 Å². The molecule has 1 aliphatic rings. The zero-order valence-corrected chi connectivity index (χ0v) is 18.8. The van der Waals surface area contributed by atoms with Crippen LogP contribution in [0, 0.1) is 9.62 Å². The predicted molar refractivity (Wildman–Crippen MR) is 109 cm³/mol. The van der Waals surface area contributed by atoms with Gasteiger partial charge in [-0.25, -0.2) is 9.97 Å². The Hall–Kier alpha value is -0.183.